The molecule has 0 saturated heterocycles. The van der Waals surface area contributed by atoms with Crippen LogP contribution in [0.4, 0.5) is 5.69 Å². The van der Waals surface area contributed by atoms with Gasteiger partial charge in [0.15, 0.2) is 0 Å². The van der Waals surface area contributed by atoms with Crippen molar-refractivity contribution in [3.63, 3.8) is 0 Å². The van der Waals surface area contributed by atoms with E-state index < -0.39 is 0 Å². The molecule has 1 aromatic rings. The summed E-state index contributed by atoms with van der Waals surface area (Å²) in [4.78, 5) is 0. The van der Waals surface area contributed by atoms with Gasteiger partial charge >= 0.3 is 0 Å². The van der Waals surface area contributed by atoms with Gasteiger partial charge in [0.2, 0.25) is 0 Å². The van der Waals surface area contributed by atoms with Gasteiger partial charge in [-0.25, -0.2) is 0 Å². The number of hydrogen-bond acceptors (Lipinski definition) is 4. The van der Waals surface area contributed by atoms with E-state index in [-0.39, 0.29) is 23.3 Å². The molecule has 82 valence electrons. The molecule has 0 heterocycles. The Morgan fingerprint density at radius 1 is 0.938 bits per heavy atom. The van der Waals surface area contributed by atoms with Crippen molar-refractivity contribution in [1.29, 1.82) is 0 Å². The number of nitrogen functional groups attached to an aromatic ring is 1. The lowest BCUT2D eigenvalue weighted by molar-refractivity contribution is 0.404. The van der Waals surface area contributed by atoms with Crippen molar-refractivity contribution in [2.45, 2.75) is 11.8 Å². The van der Waals surface area contributed by atoms with Crippen LogP contribution in [-0.4, -0.2) is 10.2 Å². The van der Waals surface area contributed by atoms with Gasteiger partial charge < -0.3 is 21.7 Å². The number of aliphatic hydroxyl groups is 1. The molecule has 4 heteroatoms. The van der Waals surface area contributed by atoms with Crippen molar-refractivity contribution >= 4 is 5.69 Å². The molecule has 2 aliphatic carbocycles. The first kappa shape index (κ1) is 9.15. The Morgan fingerprint density at radius 2 is 1.56 bits per heavy atom. The summed E-state index contributed by atoms with van der Waals surface area (Å²) in [6.07, 6.45) is 3.55. The molecule has 2 atom stereocenters. The van der Waals surface area contributed by atoms with Gasteiger partial charge in [-0.05, 0) is 35.4 Å². The third kappa shape index (κ3) is 0.984. The Hall–Kier alpha value is -2.10. The van der Waals surface area contributed by atoms with Crippen LogP contribution in [0.3, 0.4) is 0 Å². The van der Waals surface area contributed by atoms with Gasteiger partial charge in [0.1, 0.15) is 11.5 Å². The number of phenolic OH excluding ortho intramolecular Hbond substituents is 1. The first-order valence-corrected chi connectivity index (χ1v) is 5.08. The van der Waals surface area contributed by atoms with E-state index in [0.717, 1.165) is 11.1 Å². The Kier molecular flexibility index (Phi) is 1.56. The highest BCUT2D eigenvalue weighted by molar-refractivity contribution is 5.65. The van der Waals surface area contributed by atoms with E-state index >= 15 is 0 Å². The van der Waals surface area contributed by atoms with Gasteiger partial charge in [-0.15, -0.1) is 0 Å². The lowest BCUT2D eigenvalue weighted by atomic mass is 9.65. The second-order valence-electron chi connectivity index (χ2n) is 4.27. The Labute approximate surface area is 92.5 Å². The molecule has 0 spiro atoms. The van der Waals surface area contributed by atoms with Crippen molar-refractivity contribution in [2.75, 3.05) is 5.73 Å². The molecule has 2 aliphatic rings. The van der Waals surface area contributed by atoms with Crippen LogP contribution in [0.1, 0.15) is 23.0 Å². The lowest BCUT2D eigenvalue weighted by Crippen LogP contribution is -2.26. The topological polar surface area (TPSA) is 92.5 Å². The van der Waals surface area contributed by atoms with Crippen molar-refractivity contribution in [3.05, 3.63) is 46.9 Å². The molecule has 2 unspecified atom stereocenters. The van der Waals surface area contributed by atoms with Gasteiger partial charge in [-0.2, -0.15) is 0 Å². The van der Waals surface area contributed by atoms with E-state index in [0.29, 0.717) is 11.4 Å². The van der Waals surface area contributed by atoms with E-state index in [9.17, 15) is 10.2 Å². The van der Waals surface area contributed by atoms with E-state index in [1.165, 1.54) is 0 Å². The molecule has 0 saturated carbocycles. The van der Waals surface area contributed by atoms with E-state index in [4.69, 9.17) is 11.5 Å². The van der Waals surface area contributed by atoms with Crippen LogP contribution in [0.25, 0.3) is 0 Å². The standard InChI is InChI=1S/C12H12N2O2/c13-9-1-5-7(3-11(9)15)6-2-10(14)12(16)4-8(5)6/h1-5,7,15-16H,13-14H2. The number of anilines is 1. The molecule has 6 N–H and O–H groups in total. The van der Waals surface area contributed by atoms with Gasteiger partial charge in [-0.1, -0.05) is 0 Å². The lowest BCUT2D eigenvalue weighted by Gasteiger charge is -2.39. The highest BCUT2D eigenvalue weighted by Gasteiger charge is 2.38. The minimum absolute atomic E-state index is 0.1000. The van der Waals surface area contributed by atoms with Gasteiger partial charge in [-0.3, -0.25) is 0 Å². The fourth-order valence-corrected chi connectivity index (χ4v) is 2.44. The second-order valence-corrected chi connectivity index (χ2v) is 4.27. The Balaban J connectivity index is 2.13. The third-order valence-electron chi connectivity index (χ3n) is 3.33. The molecule has 3 rings (SSSR count). The molecule has 0 aromatic heterocycles. The fraction of sp³-hybridized carbons (Fsp3) is 0.167. The van der Waals surface area contributed by atoms with Crippen LogP contribution in [0.15, 0.2) is 35.7 Å². The SMILES string of the molecule is NC1=CC2c3cc(O)c(N)cc3C2C=C1O. The average molecular weight is 216 g/mol. The summed E-state index contributed by atoms with van der Waals surface area (Å²) in [5.41, 5.74) is 14.1. The van der Waals surface area contributed by atoms with Crippen LogP contribution in [0.5, 0.6) is 5.75 Å². The largest absolute Gasteiger partial charge is 0.506 e. The normalized spacial score (nSPS) is 26.0. The molecule has 1 aromatic carbocycles. The van der Waals surface area contributed by atoms with Crippen LogP contribution >= 0.6 is 0 Å². The van der Waals surface area contributed by atoms with Crippen molar-refractivity contribution in [1.82, 2.24) is 0 Å². The first-order chi connectivity index (χ1) is 7.58. The van der Waals surface area contributed by atoms with Crippen LogP contribution in [0.2, 0.25) is 0 Å². The number of nitrogens with two attached hydrogens (primary N) is 2. The summed E-state index contributed by atoms with van der Waals surface area (Å²) in [7, 11) is 0. The van der Waals surface area contributed by atoms with Crippen molar-refractivity contribution in [3.8, 4) is 5.75 Å². The number of aromatic hydroxyl groups is 1. The number of hydrogen-bond donors (Lipinski definition) is 4. The smallest absolute Gasteiger partial charge is 0.138 e. The Bertz CT molecular complexity index is 497. The predicted octanol–water partition coefficient (Wildman–Crippen LogP) is 1.45. The van der Waals surface area contributed by atoms with Crippen molar-refractivity contribution < 1.29 is 10.2 Å². The number of allylic oxidation sites excluding steroid dienone is 2. The zero-order valence-corrected chi connectivity index (χ0v) is 8.51. The van der Waals surface area contributed by atoms with Gasteiger partial charge in [0, 0.05) is 11.8 Å². The summed E-state index contributed by atoms with van der Waals surface area (Å²) in [5.74, 6) is 0.504. The molecular weight excluding hydrogens is 204 g/mol. The summed E-state index contributed by atoms with van der Waals surface area (Å²) in [6, 6.07) is 3.43. The van der Waals surface area contributed by atoms with E-state index in [1.807, 2.05) is 6.08 Å². The highest BCUT2D eigenvalue weighted by atomic mass is 16.3. The predicted molar refractivity (Wildman–Crippen MR) is 61.0 cm³/mol. The summed E-state index contributed by atoms with van der Waals surface area (Å²) >= 11 is 0. The minimum atomic E-state index is 0.1000. The number of aliphatic hydroxyl groups excluding tert-OH is 1. The second kappa shape index (κ2) is 2.72. The summed E-state index contributed by atoms with van der Waals surface area (Å²) in [6.45, 7) is 0. The molecule has 16 heavy (non-hydrogen) atoms. The summed E-state index contributed by atoms with van der Waals surface area (Å²) < 4.78 is 0. The fourth-order valence-electron chi connectivity index (χ4n) is 2.44. The Morgan fingerprint density at radius 3 is 2.31 bits per heavy atom. The zero-order chi connectivity index (χ0) is 11.4. The van der Waals surface area contributed by atoms with E-state index in [2.05, 4.69) is 0 Å². The van der Waals surface area contributed by atoms with Crippen LogP contribution in [-0.2, 0) is 0 Å². The third-order valence-corrected chi connectivity index (χ3v) is 3.33. The maximum absolute atomic E-state index is 9.54. The zero-order valence-electron chi connectivity index (χ0n) is 8.51. The maximum Gasteiger partial charge on any atom is 0.138 e. The molecule has 0 bridgehead atoms. The molecule has 4 nitrogen and oxygen atoms in total. The minimum Gasteiger partial charge on any atom is -0.506 e. The van der Waals surface area contributed by atoms with Gasteiger partial charge in [0.05, 0.1) is 11.4 Å². The maximum atomic E-state index is 9.54. The van der Waals surface area contributed by atoms with Crippen LogP contribution < -0.4 is 11.5 Å². The van der Waals surface area contributed by atoms with Gasteiger partial charge in [0.25, 0.3) is 0 Å². The quantitative estimate of drug-likeness (QED) is 0.390. The average Bonchev–Trinajstić information content (AvgIpc) is 2.26. The number of fused-ring (bicyclic) bond motifs is 4. The molecule has 0 amide bonds. The molecule has 0 aliphatic heterocycles. The van der Waals surface area contributed by atoms with Crippen LogP contribution in [0, 0.1) is 0 Å². The molecule has 0 fully saturated rings. The molecule has 0 radical (unpaired) electrons. The number of rotatable bonds is 0. The first-order valence-electron chi connectivity index (χ1n) is 5.08. The monoisotopic (exact) mass is 216 g/mol. The highest BCUT2D eigenvalue weighted by Crippen LogP contribution is 2.53. The number of phenols is 1. The summed E-state index contributed by atoms with van der Waals surface area (Å²) in [5, 5.41) is 19.1. The van der Waals surface area contributed by atoms with Crippen molar-refractivity contribution in [2.24, 2.45) is 5.73 Å². The van der Waals surface area contributed by atoms with E-state index in [1.54, 1.807) is 18.2 Å². The molecular formula is C12H12N2O2. The number of benzene rings is 1.